The zero-order valence-electron chi connectivity index (χ0n) is 11.4. The molecule has 2 heterocycles. The van der Waals surface area contributed by atoms with Crippen molar-refractivity contribution in [2.75, 3.05) is 11.1 Å². The van der Waals surface area contributed by atoms with Crippen molar-refractivity contribution in [3.63, 3.8) is 0 Å². The van der Waals surface area contributed by atoms with Crippen LogP contribution in [0.25, 0.3) is 0 Å². The molecule has 7 nitrogen and oxygen atoms in total. The number of hydrogen-bond donors (Lipinski definition) is 4. The fourth-order valence-electron chi connectivity index (χ4n) is 2.22. The number of carbonyl (C=O) groups is 1. The predicted octanol–water partition coefficient (Wildman–Crippen LogP) is 1.80. The van der Waals surface area contributed by atoms with Gasteiger partial charge in [0.1, 0.15) is 0 Å². The molecular weight excluding hydrogens is 256 g/mol. The number of amides is 1. The average Bonchev–Trinajstić information content (AvgIpc) is 3.05. The van der Waals surface area contributed by atoms with Crippen LogP contribution in [-0.4, -0.2) is 26.3 Å². The number of nitrogens with zero attached hydrogens (tertiary/aromatic N) is 2. The van der Waals surface area contributed by atoms with Crippen LogP contribution in [0.4, 0.5) is 11.5 Å². The van der Waals surface area contributed by atoms with Crippen LogP contribution in [0.2, 0.25) is 0 Å². The minimum Gasteiger partial charge on any atom is -0.395 e. The summed E-state index contributed by atoms with van der Waals surface area (Å²) in [6, 6.07) is 1.83. The molecule has 3 rings (SSSR count). The fourth-order valence-corrected chi connectivity index (χ4v) is 2.22. The van der Waals surface area contributed by atoms with Crippen LogP contribution >= 0.6 is 0 Å². The van der Waals surface area contributed by atoms with Gasteiger partial charge in [-0.2, -0.15) is 10.2 Å². The monoisotopic (exact) mass is 274 g/mol. The lowest BCUT2D eigenvalue weighted by Crippen LogP contribution is -2.14. The van der Waals surface area contributed by atoms with E-state index in [4.69, 9.17) is 5.73 Å². The van der Waals surface area contributed by atoms with E-state index in [-0.39, 0.29) is 11.6 Å². The van der Waals surface area contributed by atoms with Crippen LogP contribution in [0.5, 0.6) is 0 Å². The van der Waals surface area contributed by atoms with Gasteiger partial charge in [-0.25, -0.2) is 0 Å². The highest BCUT2D eigenvalue weighted by Crippen LogP contribution is 2.42. The first kappa shape index (κ1) is 12.7. The Hall–Kier alpha value is -2.31. The lowest BCUT2D eigenvalue weighted by atomic mass is 10.2. The summed E-state index contributed by atoms with van der Waals surface area (Å²) in [4.78, 5) is 12.1. The van der Waals surface area contributed by atoms with Gasteiger partial charge in [0.15, 0.2) is 11.5 Å². The Labute approximate surface area is 116 Å². The fraction of sp³-hybridized carbons (Fsp3) is 0.462. The number of nitrogens with two attached hydrogens (primary N) is 1. The van der Waals surface area contributed by atoms with Crippen LogP contribution in [-0.2, 0) is 6.42 Å². The molecule has 1 saturated carbocycles. The summed E-state index contributed by atoms with van der Waals surface area (Å²) in [6.45, 7) is 2.09. The maximum atomic E-state index is 12.1. The van der Waals surface area contributed by atoms with Gasteiger partial charge in [-0.05, 0) is 19.3 Å². The number of anilines is 2. The number of aromatic nitrogens is 4. The van der Waals surface area contributed by atoms with Gasteiger partial charge in [-0.1, -0.05) is 13.3 Å². The molecule has 0 unspecified atom stereocenters. The predicted molar refractivity (Wildman–Crippen MR) is 75.5 cm³/mol. The summed E-state index contributed by atoms with van der Waals surface area (Å²) < 4.78 is 0. The number of H-pyrrole nitrogens is 2. The maximum Gasteiger partial charge on any atom is 0.279 e. The van der Waals surface area contributed by atoms with E-state index in [0.717, 1.165) is 37.1 Å². The molecule has 0 aliphatic heterocycles. The Balaban J connectivity index is 1.71. The van der Waals surface area contributed by atoms with Gasteiger partial charge in [-0.15, -0.1) is 0 Å². The Bertz CT molecular complexity index is 625. The van der Waals surface area contributed by atoms with E-state index in [0.29, 0.717) is 17.4 Å². The highest BCUT2D eigenvalue weighted by atomic mass is 16.2. The van der Waals surface area contributed by atoms with Gasteiger partial charge in [0.25, 0.3) is 5.91 Å². The minimum atomic E-state index is -0.333. The van der Waals surface area contributed by atoms with E-state index in [1.807, 2.05) is 6.07 Å². The van der Waals surface area contributed by atoms with Gasteiger partial charge in [0.05, 0.1) is 11.4 Å². The van der Waals surface area contributed by atoms with Crippen LogP contribution < -0.4 is 11.1 Å². The van der Waals surface area contributed by atoms with Crippen molar-refractivity contribution in [2.24, 2.45) is 0 Å². The van der Waals surface area contributed by atoms with E-state index >= 15 is 0 Å². The van der Waals surface area contributed by atoms with Gasteiger partial charge >= 0.3 is 0 Å². The molecule has 0 bridgehead atoms. The molecule has 1 fully saturated rings. The van der Waals surface area contributed by atoms with Crippen LogP contribution in [0, 0.1) is 0 Å². The van der Waals surface area contributed by atoms with Crippen LogP contribution in [0.3, 0.4) is 0 Å². The van der Waals surface area contributed by atoms with E-state index in [9.17, 15) is 4.79 Å². The number of nitrogens with one attached hydrogen (secondary N) is 3. The lowest BCUT2D eigenvalue weighted by molar-refractivity contribution is 0.102. The molecule has 2 aromatic rings. The third-order valence-corrected chi connectivity index (χ3v) is 3.43. The zero-order valence-corrected chi connectivity index (χ0v) is 11.4. The van der Waals surface area contributed by atoms with Crippen molar-refractivity contribution in [3.05, 3.63) is 23.1 Å². The second-order valence-electron chi connectivity index (χ2n) is 5.16. The Kier molecular flexibility index (Phi) is 3.17. The standard InChI is InChI=1S/C13H18N6O/c1-2-3-8-6-9(17-16-8)15-13(20)12-10(14)11(18-19-12)7-4-5-7/h6-7H,2-5,14H2,1H3,(H,18,19)(H2,15,16,17,20). The van der Waals surface area contributed by atoms with Gasteiger partial charge in [-0.3, -0.25) is 15.0 Å². The number of carbonyl (C=O) groups excluding carboxylic acids is 1. The van der Waals surface area contributed by atoms with Crippen LogP contribution in [0.1, 0.15) is 54.0 Å². The van der Waals surface area contributed by atoms with Crippen molar-refractivity contribution >= 4 is 17.4 Å². The van der Waals surface area contributed by atoms with E-state index in [1.54, 1.807) is 0 Å². The van der Waals surface area contributed by atoms with Crippen molar-refractivity contribution < 1.29 is 4.79 Å². The molecule has 0 saturated heterocycles. The number of hydrogen-bond acceptors (Lipinski definition) is 4. The van der Waals surface area contributed by atoms with Gasteiger partial charge in [0, 0.05) is 17.7 Å². The number of aryl methyl sites for hydroxylation is 1. The summed E-state index contributed by atoms with van der Waals surface area (Å²) >= 11 is 0. The molecule has 1 aliphatic rings. The summed E-state index contributed by atoms with van der Waals surface area (Å²) in [6.07, 6.45) is 4.13. The first-order chi connectivity index (χ1) is 9.69. The Morgan fingerprint density at radius 1 is 1.45 bits per heavy atom. The quantitative estimate of drug-likeness (QED) is 0.665. The molecule has 0 atom stereocenters. The van der Waals surface area contributed by atoms with Crippen molar-refractivity contribution in [1.29, 1.82) is 0 Å². The van der Waals surface area contributed by atoms with E-state index in [1.165, 1.54) is 0 Å². The number of rotatable bonds is 5. The molecule has 20 heavy (non-hydrogen) atoms. The Morgan fingerprint density at radius 3 is 2.95 bits per heavy atom. The summed E-state index contributed by atoms with van der Waals surface area (Å²) in [7, 11) is 0. The second kappa shape index (κ2) is 4.99. The molecule has 0 aromatic carbocycles. The first-order valence-corrected chi connectivity index (χ1v) is 6.88. The zero-order chi connectivity index (χ0) is 14.1. The molecule has 0 radical (unpaired) electrons. The first-order valence-electron chi connectivity index (χ1n) is 6.88. The summed E-state index contributed by atoms with van der Waals surface area (Å²) in [5.74, 6) is 0.597. The molecule has 0 spiro atoms. The molecule has 1 amide bonds. The topological polar surface area (TPSA) is 112 Å². The highest BCUT2D eigenvalue weighted by Gasteiger charge is 2.30. The third kappa shape index (κ3) is 2.38. The van der Waals surface area contributed by atoms with Crippen molar-refractivity contribution in [1.82, 2.24) is 20.4 Å². The molecule has 7 heteroatoms. The third-order valence-electron chi connectivity index (χ3n) is 3.43. The number of nitrogen functional groups attached to an aromatic ring is 1. The lowest BCUT2D eigenvalue weighted by Gasteiger charge is -1.99. The largest absolute Gasteiger partial charge is 0.395 e. The normalized spacial score (nSPS) is 14.4. The smallest absolute Gasteiger partial charge is 0.279 e. The van der Waals surface area contributed by atoms with E-state index < -0.39 is 0 Å². The van der Waals surface area contributed by atoms with Gasteiger partial charge < -0.3 is 11.1 Å². The SMILES string of the molecule is CCCc1cc(NC(=O)c2n[nH]c(C3CC3)c2N)n[nH]1. The van der Waals surface area contributed by atoms with Crippen LogP contribution in [0.15, 0.2) is 6.07 Å². The molecular formula is C13H18N6O. The molecule has 106 valence electrons. The second-order valence-corrected chi connectivity index (χ2v) is 5.16. The maximum absolute atomic E-state index is 12.1. The van der Waals surface area contributed by atoms with Crippen molar-refractivity contribution in [3.8, 4) is 0 Å². The highest BCUT2D eigenvalue weighted by molar-refractivity contribution is 6.06. The Morgan fingerprint density at radius 2 is 2.25 bits per heavy atom. The number of aromatic amines is 2. The molecule has 2 aromatic heterocycles. The average molecular weight is 274 g/mol. The van der Waals surface area contributed by atoms with Crippen molar-refractivity contribution in [2.45, 2.75) is 38.5 Å². The summed E-state index contributed by atoms with van der Waals surface area (Å²) in [5.41, 5.74) is 8.54. The molecule has 1 aliphatic carbocycles. The minimum absolute atomic E-state index is 0.243. The van der Waals surface area contributed by atoms with Gasteiger partial charge in [0.2, 0.25) is 0 Å². The van der Waals surface area contributed by atoms with E-state index in [2.05, 4.69) is 32.6 Å². The molecule has 5 N–H and O–H groups in total. The summed E-state index contributed by atoms with van der Waals surface area (Å²) in [5, 5.41) is 16.5.